The van der Waals surface area contributed by atoms with E-state index in [0.717, 1.165) is 33.3 Å². The molecular weight excluding hydrogens is 352 g/mol. The van der Waals surface area contributed by atoms with Gasteiger partial charge in [0, 0.05) is 50.7 Å². The molecule has 1 heterocycles. The van der Waals surface area contributed by atoms with Crippen molar-refractivity contribution in [2.24, 2.45) is 0 Å². The maximum Gasteiger partial charge on any atom is 0.113 e. The van der Waals surface area contributed by atoms with Crippen molar-refractivity contribution >= 4 is 34.1 Å². The molecule has 0 unspecified atom stereocenters. The van der Waals surface area contributed by atoms with Crippen LogP contribution >= 0.6 is 11.7 Å². The van der Waals surface area contributed by atoms with Crippen LogP contribution in [0.15, 0.2) is 60.7 Å². The Morgan fingerprint density at radius 1 is 0.556 bits per heavy atom. The first kappa shape index (κ1) is 17.5. The van der Waals surface area contributed by atoms with Crippen molar-refractivity contribution in [3.05, 3.63) is 60.7 Å². The summed E-state index contributed by atoms with van der Waals surface area (Å²) in [7, 11) is 8.20. The molecule has 0 amide bonds. The van der Waals surface area contributed by atoms with Crippen LogP contribution in [0.1, 0.15) is 0 Å². The highest BCUT2D eigenvalue weighted by Crippen LogP contribution is 2.35. The third-order valence-corrected chi connectivity index (χ3v) is 5.33. The molecule has 3 aromatic carbocycles. The van der Waals surface area contributed by atoms with Gasteiger partial charge in [-0.15, -0.1) is 0 Å². The van der Waals surface area contributed by atoms with Crippen LogP contribution < -0.4 is 9.80 Å². The van der Waals surface area contributed by atoms with E-state index < -0.39 is 0 Å². The summed E-state index contributed by atoms with van der Waals surface area (Å²) in [5.41, 5.74) is 8.86. The maximum atomic E-state index is 4.60. The van der Waals surface area contributed by atoms with Gasteiger partial charge in [0.2, 0.25) is 0 Å². The number of rotatable bonds is 4. The van der Waals surface area contributed by atoms with E-state index in [1.165, 1.54) is 23.1 Å². The van der Waals surface area contributed by atoms with Crippen molar-refractivity contribution in [1.29, 1.82) is 0 Å². The molecule has 4 rings (SSSR count). The number of hydrogen-bond acceptors (Lipinski definition) is 5. The van der Waals surface area contributed by atoms with E-state index in [-0.39, 0.29) is 0 Å². The second-order valence-electron chi connectivity index (χ2n) is 7.00. The van der Waals surface area contributed by atoms with Gasteiger partial charge in [0.15, 0.2) is 0 Å². The number of fused-ring (bicyclic) bond motifs is 1. The minimum Gasteiger partial charge on any atom is -0.378 e. The Labute approximate surface area is 164 Å². The number of nitrogens with zero attached hydrogens (tertiary/aromatic N) is 4. The van der Waals surface area contributed by atoms with Gasteiger partial charge in [-0.25, -0.2) is 0 Å². The monoisotopic (exact) mass is 374 g/mol. The van der Waals surface area contributed by atoms with Crippen LogP contribution in [0.4, 0.5) is 11.4 Å². The van der Waals surface area contributed by atoms with Crippen molar-refractivity contribution in [2.45, 2.75) is 0 Å². The van der Waals surface area contributed by atoms with Crippen molar-refractivity contribution in [3.8, 4) is 22.3 Å². The zero-order chi connectivity index (χ0) is 19.0. The molecule has 0 aliphatic rings. The molecule has 0 N–H and O–H groups in total. The molecule has 0 aliphatic heterocycles. The topological polar surface area (TPSA) is 32.3 Å². The predicted molar refractivity (Wildman–Crippen MR) is 117 cm³/mol. The molecule has 0 radical (unpaired) electrons. The van der Waals surface area contributed by atoms with Crippen LogP contribution in [0.3, 0.4) is 0 Å². The summed E-state index contributed by atoms with van der Waals surface area (Å²) >= 11 is 1.27. The molecule has 0 fully saturated rings. The quantitative estimate of drug-likeness (QED) is 0.494. The predicted octanol–water partition coefficient (Wildman–Crippen LogP) is 5.16. The van der Waals surface area contributed by atoms with Crippen LogP contribution in [0.5, 0.6) is 0 Å². The summed E-state index contributed by atoms with van der Waals surface area (Å²) in [6.07, 6.45) is 0. The summed E-state index contributed by atoms with van der Waals surface area (Å²) in [5.74, 6) is 0. The van der Waals surface area contributed by atoms with Crippen molar-refractivity contribution in [3.63, 3.8) is 0 Å². The summed E-state index contributed by atoms with van der Waals surface area (Å²) in [6, 6.07) is 21.4. The van der Waals surface area contributed by atoms with Crippen molar-refractivity contribution < 1.29 is 0 Å². The Bertz CT molecular complexity index is 978. The normalized spacial score (nSPS) is 11.0. The molecule has 4 aromatic rings. The van der Waals surface area contributed by atoms with Crippen LogP contribution in [0, 0.1) is 0 Å². The van der Waals surface area contributed by atoms with E-state index >= 15 is 0 Å². The molecule has 0 bridgehead atoms. The second kappa shape index (κ2) is 7.00. The van der Waals surface area contributed by atoms with Gasteiger partial charge in [0.25, 0.3) is 0 Å². The molecule has 0 atom stereocenters. The fourth-order valence-corrected chi connectivity index (χ4v) is 3.78. The van der Waals surface area contributed by atoms with Gasteiger partial charge in [-0.2, -0.15) is 8.75 Å². The first-order chi connectivity index (χ1) is 13.0. The first-order valence-corrected chi connectivity index (χ1v) is 9.58. The van der Waals surface area contributed by atoms with E-state index in [2.05, 4.69) is 79.2 Å². The minimum absolute atomic E-state index is 0.965. The van der Waals surface area contributed by atoms with E-state index in [0.29, 0.717) is 0 Å². The number of hydrogen-bond donors (Lipinski definition) is 0. The van der Waals surface area contributed by atoms with Gasteiger partial charge in [-0.1, -0.05) is 36.4 Å². The lowest BCUT2D eigenvalue weighted by molar-refractivity contribution is 1.13. The Morgan fingerprint density at radius 3 is 1.26 bits per heavy atom. The van der Waals surface area contributed by atoms with Gasteiger partial charge >= 0.3 is 0 Å². The number of aromatic nitrogens is 2. The maximum absolute atomic E-state index is 4.60. The Hall–Kier alpha value is -2.92. The molecule has 4 nitrogen and oxygen atoms in total. The van der Waals surface area contributed by atoms with Crippen molar-refractivity contribution in [2.75, 3.05) is 38.0 Å². The zero-order valence-electron chi connectivity index (χ0n) is 16.0. The molecule has 0 spiro atoms. The SMILES string of the molecule is CN(C)c1ccc(-c2ccc(-c3ccc(N(C)C)cc3)c3nsnc23)cc1. The number of benzene rings is 3. The standard InChI is InChI=1S/C22H22N4S/c1-25(2)17-9-5-15(6-10-17)19-13-14-20(22-21(19)23-27-24-22)16-7-11-18(12-8-16)26(3)4/h5-14H,1-4H3. The molecule has 5 heteroatoms. The molecule has 27 heavy (non-hydrogen) atoms. The molecule has 0 saturated carbocycles. The van der Waals surface area contributed by atoms with Gasteiger partial charge in [0.05, 0.1) is 11.7 Å². The highest BCUT2D eigenvalue weighted by Gasteiger charge is 2.13. The average Bonchev–Trinajstić information content (AvgIpc) is 3.17. The largest absolute Gasteiger partial charge is 0.378 e. The summed E-state index contributed by atoms with van der Waals surface area (Å²) in [5, 5.41) is 0. The molecule has 0 aliphatic carbocycles. The number of anilines is 2. The lowest BCUT2D eigenvalue weighted by atomic mass is 9.97. The van der Waals surface area contributed by atoms with E-state index in [1.54, 1.807) is 0 Å². The zero-order valence-corrected chi connectivity index (χ0v) is 16.8. The van der Waals surface area contributed by atoms with Crippen LogP contribution in [-0.4, -0.2) is 36.9 Å². The van der Waals surface area contributed by atoms with Gasteiger partial charge in [-0.3, -0.25) is 0 Å². The third kappa shape index (κ3) is 3.26. The van der Waals surface area contributed by atoms with Crippen LogP contribution in [-0.2, 0) is 0 Å². The second-order valence-corrected chi connectivity index (χ2v) is 7.53. The Kier molecular flexibility index (Phi) is 4.54. The van der Waals surface area contributed by atoms with Crippen LogP contribution in [0.2, 0.25) is 0 Å². The van der Waals surface area contributed by atoms with Crippen LogP contribution in [0.25, 0.3) is 33.3 Å². The molecule has 0 saturated heterocycles. The Morgan fingerprint density at radius 2 is 0.926 bits per heavy atom. The fraction of sp³-hybridized carbons (Fsp3) is 0.182. The van der Waals surface area contributed by atoms with Gasteiger partial charge < -0.3 is 9.80 Å². The Balaban J connectivity index is 1.78. The minimum atomic E-state index is 0.965. The average molecular weight is 375 g/mol. The molecule has 1 aromatic heterocycles. The van der Waals surface area contributed by atoms with Gasteiger partial charge in [0.1, 0.15) is 11.0 Å². The lowest BCUT2D eigenvalue weighted by Crippen LogP contribution is -2.08. The smallest absolute Gasteiger partial charge is 0.113 e. The third-order valence-electron chi connectivity index (χ3n) is 4.80. The summed E-state index contributed by atoms with van der Waals surface area (Å²) in [4.78, 5) is 4.20. The summed E-state index contributed by atoms with van der Waals surface area (Å²) < 4.78 is 9.19. The summed E-state index contributed by atoms with van der Waals surface area (Å²) in [6.45, 7) is 0. The molecular formula is C22H22N4S. The molecule has 136 valence electrons. The van der Waals surface area contributed by atoms with E-state index in [4.69, 9.17) is 0 Å². The highest BCUT2D eigenvalue weighted by atomic mass is 32.1. The van der Waals surface area contributed by atoms with Crippen molar-refractivity contribution in [1.82, 2.24) is 8.75 Å². The van der Waals surface area contributed by atoms with E-state index in [9.17, 15) is 0 Å². The highest BCUT2D eigenvalue weighted by molar-refractivity contribution is 7.00. The van der Waals surface area contributed by atoms with E-state index in [1.807, 2.05) is 28.2 Å². The first-order valence-electron chi connectivity index (χ1n) is 8.85. The fourth-order valence-electron chi connectivity index (χ4n) is 3.21. The lowest BCUT2D eigenvalue weighted by Gasteiger charge is -2.14. The van der Waals surface area contributed by atoms with Gasteiger partial charge in [-0.05, 0) is 35.4 Å².